The van der Waals surface area contributed by atoms with Crippen molar-refractivity contribution in [1.29, 1.82) is 0 Å². The van der Waals surface area contributed by atoms with Crippen LogP contribution in [0.1, 0.15) is 26.3 Å². The first kappa shape index (κ1) is 30.6. The van der Waals surface area contributed by atoms with Gasteiger partial charge in [-0.15, -0.1) is 0 Å². The molecule has 0 aromatic heterocycles. The molecule has 0 aliphatic carbocycles. The van der Waals surface area contributed by atoms with Gasteiger partial charge in [0.25, 0.3) is 15.7 Å². The molecule has 0 unspecified atom stereocenters. The minimum atomic E-state index is -4.23. The molecule has 204 valence electrons. The maximum Gasteiger partial charge on any atom is 0.313 e. The number of para-hydroxylation sites is 1. The third-order valence-electron chi connectivity index (χ3n) is 5.03. The zero-order valence-corrected chi connectivity index (χ0v) is 23.0. The summed E-state index contributed by atoms with van der Waals surface area (Å²) in [7, 11) is -2.74. The summed E-state index contributed by atoms with van der Waals surface area (Å²) >= 11 is 3.42. The molecule has 2 N–H and O–H groups in total. The van der Waals surface area contributed by atoms with E-state index in [4.69, 9.17) is 9.84 Å². The number of methoxy groups -OCH3 is 1. The van der Waals surface area contributed by atoms with Crippen LogP contribution in [-0.2, 0) is 21.2 Å². The van der Waals surface area contributed by atoms with Gasteiger partial charge in [0.2, 0.25) is 0 Å². The summed E-state index contributed by atoms with van der Waals surface area (Å²) in [5.74, 6) is -0.901. The van der Waals surface area contributed by atoms with Crippen LogP contribution < -0.4 is 9.46 Å². The van der Waals surface area contributed by atoms with Gasteiger partial charge in [0.1, 0.15) is 11.6 Å². The van der Waals surface area contributed by atoms with Gasteiger partial charge in [0.05, 0.1) is 17.8 Å². The molecule has 0 atom stereocenters. The molecule has 0 amide bonds. The molecule has 0 aliphatic heterocycles. The molecular formula is C26H29FN2O7S2. The van der Waals surface area contributed by atoms with Crippen LogP contribution in [0.5, 0.6) is 5.75 Å². The lowest BCUT2D eigenvalue weighted by Gasteiger charge is -2.22. The summed E-state index contributed by atoms with van der Waals surface area (Å²) in [6.07, 6.45) is 0.528. The molecule has 0 saturated heterocycles. The first-order chi connectivity index (χ1) is 17.7. The zero-order chi connectivity index (χ0) is 28.7. The Kier molecular flexibility index (Phi) is 10.3. The van der Waals surface area contributed by atoms with Crippen LogP contribution in [0.25, 0.3) is 11.1 Å². The summed E-state index contributed by atoms with van der Waals surface area (Å²) < 4.78 is 48.2. The van der Waals surface area contributed by atoms with Gasteiger partial charge in [-0.3, -0.25) is 19.6 Å². The van der Waals surface area contributed by atoms with Crippen LogP contribution in [-0.4, -0.2) is 37.3 Å². The Balaban J connectivity index is 0.000000926. The van der Waals surface area contributed by atoms with Crippen molar-refractivity contribution in [2.24, 2.45) is 5.41 Å². The minimum absolute atomic E-state index is 0.0833. The summed E-state index contributed by atoms with van der Waals surface area (Å²) in [5, 5.41) is 18.9. The summed E-state index contributed by atoms with van der Waals surface area (Å²) in [6.45, 7) is 6.05. The van der Waals surface area contributed by atoms with Gasteiger partial charge < -0.3 is 9.84 Å². The third-order valence-corrected chi connectivity index (χ3v) is 6.73. The quantitative estimate of drug-likeness (QED) is 0.179. The van der Waals surface area contributed by atoms with E-state index in [0.29, 0.717) is 23.3 Å². The Bertz CT molecular complexity index is 1420. The van der Waals surface area contributed by atoms with Crippen molar-refractivity contribution >= 4 is 40.0 Å². The van der Waals surface area contributed by atoms with Crippen molar-refractivity contribution in [2.75, 3.05) is 17.6 Å². The molecule has 3 aromatic rings. The number of hydrogen-bond acceptors (Lipinski definition) is 7. The number of nitro benzene ring substituents is 1. The Hall–Kier alpha value is -3.64. The normalized spacial score (nSPS) is 11.2. The smallest absolute Gasteiger partial charge is 0.313 e. The first-order valence-corrected chi connectivity index (χ1v) is 13.4. The number of sulfonamides is 1. The number of nitrogens with zero attached hydrogens (tertiary/aromatic N) is 1. The molecular weight excluding hydrogens is 535 g/mol. The van der Waals surface area contributed by atoms with E-state index in [9.17, 15) is 27.7 Å². The van der Waals surface area contributed by atoms with Crippen LogP contribution in [0.3, 0.4) is 0 Å². The number of anilines is 1. The second-order valence-corrected chi connectivity index (χ2v) is 11.3. The first-order valence-electron chi connectivity index (χ1n) is 11.2. The van der Waals surface area contributed by atoms with E-state index >= 15 is 0 Å². The number of halogens is 1. The zero-order valence-electron chi connectivity index (χ0n) is 21.3. The maximum atomic E-state index is 14.7. The van der Waals surface area contributed by atoms with E-state index in [1.165, 1.54) is 43.5 Å². The summed E-state index contributed by atoms with van der Waals surface area (Å²) in [6, 6.07) is 14.3. The van der Waals surface area contributed by atoms with Crippen molar-refractivity contribution < 1.29 is 32.4 Å². The van der Waals surface area contributed by atoms with E-state index in [2.05, 4.69) is 17.4 Å². The predicted molar refractivity (Wildman–Crippen MR) is 147 cm³/mol. The predicted octanol–water partition coefficient (Wildman–Crippen LogP) is 5.80. The van der Waals surface area contributed by atoms with Crippen molar-refractivity contribution in [3.8, 4) is 16.9 Å². The number of ether oxygens (including phenoxy) is 1. The fourth-order valence-corrected chi connectivity index (χ4v) is 4.74. The monoisotopic (exact) mass is 564 g/mol. The number of carboxylic acid groups (broad SMARTS) is 1. The highest BCUT2D eigenvalue weighted by atomic mass is 32.2. The number of rotatable bonds is 8. The van der Waals surface area contributed by atoms with E-state index in [1.54, 1.807) is 18.2 Å². The fraction of sp³-hybridized carbons (Fsp3) is 0.269. The fourth-order valence-electron chi connectivity index (χ4n) is 3.52. The molecule has 0 spiro atoms. The van der Waals surface area contributed by atoms with Gasteiger partial charge >= 0.3 is 5.97 Å². The number of benzene rings is 3. The van der Waals surface area contributed by atoms with Crippen molar-refractivity contribution in [3.05, 3.63) is 82.2 Å². The summed E-state index contributed by atoms with van der Waals surface area (Å²) in [5.41, 5.74) is 1.18. The van der Waals surface area contributed by atoms with Gasteiger partial charge in [-0.1, -0.05) is 39.0 Å². The van der Waals surface area contributed by atoms with Gasteiger partial charge in [-0.25, -0.2) is 12.8 Å². The molecule has 3 aromatic carbocycles. The molecule has 0 fully saturated rings. The van der Waals surface area contributed by atoms with Crippen molar-refractivity contribution in [3.63, 3.8) is 0 Å². The average molecular weight is 565 g/mol. The van der Waals surface area contributed by atoms with E-state index in [1.807, 2.05) is 20.8 Å². The number of nitro groups is 1. The molecule has 0 saturated carbocycles. The standard InChI is InChI=1S/C24H25FN2O5S.C2H4O2S/c1-24(2,3)15-16-13-17(9-11-19(16)20-14-18(32-4)10-12-21(20)25)26-33(30,31)23-8-6-5-7-22(23)27(28)29;3-2(4)1-5/h5-14,26H,15H2,1-4H3;5H,1H2,(H,3,4). The summed E-state index contributed by atoms with van der Waals surface area (Å²) in [4.78, 5) is 19.4. The van der Waals surface area contributed by atoms with Crippen molar-refractivity contribution in [1.82, 2.24) is 0 Å². The highest BCUT2D eigenvalue weighted by Gasteiger charge is 2.26. The lowest BCUT2D eigenvalue weighted by molar-refractivity contribution is -0.387. The van der Waals surface area contributed by atoms with Gasteiger partial charge in [0.15, 0.2) is 4.90 Å². The second-order valence-electron chi connectivity index (χ2n) is 9.34. The molecule has 3 rings (SSSR count). The third kappa shape index (κ3) is 8.45. The van der Waals surface area contributed by atoms with Crippen molar-refractivity contribution in [2.45, 2.75) is 32.1 Å². The number of nitrogens with one attached hydrogen (secondary N) is 1. The Morgan fingerprint density at radius 2 is 1.74 bits per heavy atom. The number of carboxylic acids is 1. The Morgan fingerprint density at radius 3 is 2.29 bits per heavy atom. The van der Waals surface area contributed by atoms with Crippen LogP contribution in [0, 0.1) is 21.3 Å². The molecule has 0 heterocycles. The minimum Gasteiger partial charge on any atom is -0.497 e. The van der Waals surface area contributed by atoms with Gasteiger partial charge in [-0.05, 0) is 59.4 Å². The largest absolute Gasteiger partial charge is 0.497 e. The van der Waals surface area contributed by atoms with E-state index in [0.717, 1.165) is 11.6 Å². The van der Waals surface area contributed by atoms with Crippen LogP contribution in [0.4, 0.5) is 15.8 Å². The number of carbonyl (C=O) groups is 1. The van der Waals surface area contributed by atoms with E-state index < -0.39 is 37.3 Å². The molecule has 0 aliphatic rings. The molecule has 12 heteroatoms. The molecule has 0 bridgehead atoms. The Morgan fingerprint density at radius 1 is 1.11 bits per heavy atom. The Labute approximate surface area is 226 Å². The molecule has 0 radical (unpaired) electrons. The SMILES string of the molecule is COc1ccc(F)c(-c2ccc(NS(=O)(=O)c3ccccc3[N+](=O)[O-])cc2CC(C)(C)C)c1.O=C(O)CS. The van der Waals surface area contributed by atoms with Crippen LogP contribution in [0.15, 0.2) is 65.6 Å². The molecule has 38 heavy (non-hydrogen) atoms. The average Bonchev–Trinajstić information content (AvgIpc) is 2.84. The molecule has 9 nitrogen and oxygen atoms in total. The highest BCUT2D eigenvalue weighted by Crippen LogP contribution is 2.35. The van der Waals surface area contributed by atoms with Gasteiger partial charge in [-0.2, -0.15) is 12.6 Å². The lowest BCUT2D eigenvalue weighted by Crippen LogP contribution is -2.16. The van der Waals surface area contributed by atoms with Gasteiger partial charge in [0, 0.05) is 17.3 Å². The highest BCUT2D eigenvalue weighted by molar-refractivity contribution is 7.92. The number of hydrogen-bond donors (Lipinski definition) is 3. The lowest BCUT2D eigenvalue weighted by atomic mass is 9.84. The number of aliphatic carboxylic acids is 1. The van der Waals surface area contributed by atoms with E-state index in [-0.39, 0.29) is 16.9 Å². The second kappa shape index (κ2) is 12.7. The van der Waals surface area contributed by atoms with Crippen LogP contribution >= 0.6 is 12.6 Å². The maximum absolute atomic E-state index is 14.7. The van der Waals surface area contributed by atoms with Crippen LogP contribution in [0.2, 0.25) is 0 Å². The number of thiol groups is 1. The topological polar surface area (TPSA) is 136 Å².